The molecule has 0 saturated heterocycles. The second-order valence-corrected chi connectivity index (χ2v) is 4.39. The lowest BCUT2D eigenvalue weighted by Crippen LogP contribution is -2.09. The third-order valence-corrected chi connectivity index (χ3v) is 3.03. The van der Waals surface area contributed by atoms with Crippen molar-refractivity contribution in [2.75, 3.05) is 5.32 Å². The van der Waals surface area contributed by atoms with E-state index in [1.165, 1.54) is 18.2 Å². The predicted molar refractivity (Wildman–Crippen MR) is 73.0 cm³/mol. The lowest BCUT2D eigenvalue weighted by atomic mass is 10.1. The number of nitro benzene ring substituents is 1. The normalized spacial score (nSPS) is 12.2. The van der Waals surface area contributed by atoms with Crippen LogP contribution in [0.25, 0.3) is 0 Å². The van der Waals surface area contributed by atoms with Crippen LogP contribution in [0.4, 0.5) is 15.8 Å². The van der Waals surface area contributed by atoms with Crippen LogP contribution in [0.1, 0.15) is 25.5 Å². The topological polar surface area (TPSA) is 73.0 Å². The number of nitro groups is 1. The molecule has 0 saturated carbocycles. The van der Waals surface area contributed by atoms with Crippen LogP contribution in [0.3, 0.4) is 0 Å². The number of aromatic nitrogens is 2. The van der Waals surface area contributed by atoms with Gasteiger partial charge < -0.3 is 5.32 Å². The number of aryl methyl sites for hydroxylation is 1. The van der Waals surface area contributed by atoms with Crippen LogP contribution in [0.2, 0.25) is 0 Å². The van der Waals surface area contributed by atoms with Crippen molar-refractivity contribution >= 4 is 11.4 Å². The van der Waals surface area contributed by atoms with Crippen molar-refractivity contribution in [1.29, 1.82) is 0 Å². The van der Waals surface area contributed by atoms with Crippen LogP contribution in [-0.2, 0) is 6.54 Å². The molecule has 0 fully saturated rings. The molecule has 0 radical (unpaired) electrons. The number of anilines is 1. The van der Waals surface area contributed by atoms with Gasteiger partial charge in [-0.15, -0.1) is 0 Å². The fourth-order valence-electron chi connectivity index (χ4n) is 1.88. The average molecular weight is 278 g/mol. The van der Waals surface area contributed by atoms with Crippen molar-refractivity contribution in [1.82, 2.24) is 9.78 Å². The molecule has 0 bridgehead atoms. The second-order valence-electron chi connectivity index (χ2n) is 4.39. The van der Waals surface area contributed by atoms with Crippen LogP contribution in [0, 0.1) is 15.9 Å². The highest BCUT2D eigenvalue weighted by molar-refractivity contribution is 5.62. The van der Waals surface area contributed by atoms with E-state index >= 15 is 0 Å². The van der Waals surface area contributed by atoms with Gasteiger partial charge in [-0.05, 0) is 19.9 Å². The van der Waals surface area contributed by atoms with Crippen molar-refractivity contribution in [2.45, 2.75) is 26.4 Å². The Morgan fingerprint density at radius 3 is 2.90 bits per heavy atom. The van der Waals surface area contributed by atoms with E-state index < -0.39 is 10.7 Å². The molecule has 0 aliphatic rings. The summed E-state index contributed by atoms with van der Waals surface area (Å²) in [5.41, 5.74) is 0.457. The van der Waals surface area contributed by atoms with Gasteiger partial charge in [0, 0.05) is 24.4 Å². The van der Waals surface area contributed by atoms with Gasteiger partial charge in [0.1, 0.15) is 5.69 Å². The molecule has 0 aliphatic carbocycles. The monoisotopic (exact) mass is 278 g/mol. The summed E-state index contributed by atoms with van der Waals surface area (Å²) in [4.78, 5) is 10.3. The summed E-state index contributed by atoms with van der Waals surface area (Å²) < 4.78 is 15.5. The van der Waals surface area contributed by atoms with Crippen LogP contribution >= 0.6 is 0 Å². The number of benzene rings is 1. The molecule has 2 aromatic rings. The van der Waals surface area contributed by atoms with E-state index in [-0.39, 0.29) is 17.4 Å². The molecule has 0 amide bonds. The molecule has 0 spiro atoms. The van der Waals surface area contributed by atoms with E-state index in [9.17, 15) is 14.5 Å². The largest absolute Gasteiger partial charge is 0.370 e. The van der Waals surface area contributed by atoms with Crippen molar-refractivity contribution in [3.05, 3.63) is 52.1 Å². The maximum Gasteiger partial charge on any atom is 0.295 e. The summed E-state index contributed by atoms with van der Waals surface area (Å²) >= 11 is 0. The summed E-state index contributed by atoms with van der Waals surface area (Å²) in [6.07, 6.45) is 3.48. The first-order valence-electron chi connectivity index (χ1n) is 6.24. The average Bonchev–Trinajstić information content (AvgIpc) is 2.89. The summed E-state index contributed by atoms with van der Waals surface area (Å²) in [6, 6.07) is 3.50. The third kappa shape index (κ3) is 2.76. The van der Waals surface area contributed by atoms with Crippen LogP contribution in [0.15, 0.2) is 30.6 Å². The molecule has 1 aromatic carbocycles. The highest BCUT2D eigenvalue weighted by Crippen LogP contribution is 2.30. The van der Waals surface area contributed by atoms with E-state index in [1.54, 1.807) is 17.8 Å². The number of halogens is 1. The Morgan fingerprint density at radius 2 is 2.30 bits per heavy atom. The lowest BCUT2D eigenvalue weighted by Gasteiger charge is -2.14. The summed E-state index contributed by atoms with van der Waals surface area (Å²) in [5.74, 6) is -0.645. The lowest BCUT2D eigenvalue weighted by molar-refractivity contribution is -0.384. The Labute approximate surface area is 115 Å². The van der Waals surface area contributed by atoms with Gasteiger partial charge in [-0.25, -0.2) is 4.39 Å². The molecule has 1 atom stereocenters. The Bertz CT molecular complexity index is 627. The summed E-state index contributed by atoms with van der Waals surface area (Å²) in [7, 11) is 0. The van der Waals surface area contributed by atoms with Gasteiger partial charge in [-0.1, -0.05) is 6.07 Å². The number of nitrogens with zero attached hydrogens (tertiary/aromatic N) is 3. The van der Waals surface area contributed by atoms with Crippen molar-refractivity contribution in [3.63, 3.8) is 0 Å². The molecular weight excluding hydrogens is 263 g/mol. The zero-order chi connectivity index (χ0) is 14.7. The highest BCUT2D eigenvalue weighted by Gasteiger charge is 2.20. The SMILES string of the molecule is CCn1cc(C(C)Nc2c(F)cccc2[N+](=O)[O-])cn1. The maximum absolute atomic E-state index is 13.8. The number of para-hydroxylation sites is 1. The zero-order valence-electron chi connectivity index (χ0n) is 11.2. The van der Waals surface area contributed by atoms with Crippen molar-refractivity contribution < 1.29 is 9.31 Å². The summed E-state index contributed by atoms with van der Waals surface area (Å²) in [6.45, 7) is 4.48. The minimum absolute atomic E-state index is 0.103. The highest BCUT2D eigenvalue weighted by atomic mass is 19.1. The molecule has 1 aromatic heterocycles. The number of hydrogen-bond acceptors (Lipinski definition) is 4. The van der Waals surface area contributed by atoms with Gasteiger partial charge in [0.15, 0.2) is 5.82 Å². The fourth-order valence-corrected chi connectivity index (χ4v) is 1.88. The Morgan fingerprint density at radius 1 is 1.55 bits per heavy atom. The number of rotatable bonds is 5. The van der Waals surface area contributed by atoms with E-state index in [0.717, 1.165) is 12.1 Å². The van der Waals surface area contributed by atoms with Gasteiger partial charge >= 0.3 is 0 Å². The van der Waals surface area contributed by atoms with E-state index in [4.69, 9.17) is 0 Å². The molecule has 1 N–H and O–H groups in total. The molecule has 7 heteroatoms. The molecule has 1 unspecified atom stereocenters. The molecule has 6 nitrogen and oxygen atoms in total. The molecule has 1 heterocycles. The Balaban J connectivity index is 2.27. The number of hydrogen-bond donors (Lipinski definition) is 1. The van der Waals surface area contributed by atoms with Gasteiger partial charge in [-0.2, -0.15) is 5.10 Å². The standard InChI is InChI=1S/C13H15FN4O2/c1-3-17-8-10(7-15-17)9(2)16-13-11(14)5-4-6-12(13)18(19)20/h4-9,16H,3H2,1-2H3. The van der Waals surface area contributed by atoms with Gasteiger partial charge in [0.05, 0.1) is 17.2 Å². The zero-order valence-corrected chi connectivity index (χ0v) is 11.2. The minimum atomic E-state index is -0.645. The fraction of sp³-hybridized carbons (Fsp3) is 0.308. The quantitative estimate of drug-likeness (QED) is 0.673. The predicted octanol–water partition coefficient (Wildman–Crippen LogP) is 3.12. The third-order valence-electron chi connectivity index (χ3n) is 3.03. The van der Waals surface area contributed by atoms with Gasteiger partial charge in [0.2, 0.25) is 0 Å². The molecule has 20 heavy (non-hydrogen) atoms. The van der Waals surface area contributed by atoms with Crippen molar-refractivity contribution in [2.24, 2.45) is 0 Å². The van der Waals surface area contributed by atoms with Crippen molar-refractivity contribution in [3.8, 4) is 0 Å². The van der Waals surface area contributed by atoms with E-state index in [0.29, 0.717) is 0 Å². The smallest absolute Gasteiger partial charge is 0.295 e. The first-order chi connectivity index (χ1) is 9.52. The molecule has 2 rings (SSSR count). The molecule has 106 valence electrons. The van der Waals surface area contributed by atoms with Gasteiger partial charge in [0.25, 0.3) is 5.69 Å². The Kier molecular flexibility index (Phi) is 3.97. The number of nitrogens with one attached hydrogen (secondary N) is 1. The summed E-state index contributed by atoms with van der Waals surface area (Å²) in [5, 5.41) is 17.9. The first kappa shape index (κ1) is 14.0. The van der Waals surface area contributed by atoms with E-state index in [1.807, 2.05) is 13.1 Å². The van der Waals surface area contributed by atoms with Crippen LogP contribution in [-0.4, -0.2) is 14.7 Å². The second kappa shape index (κ2) is 5.68. The first-order valence-corrected chi connectivity index (χ1v) is 6.24. The molecular formula is C13H15FN4O2. The van der Waals surface area contributed by atoms with E-state index in [2.05, 4.69) is 10.4 Å². The Hall–Kier alpha value is -2.44. The van der Waals surface area contributed by atoms with Crippen LogP contribution < -0.4 is 5.32 Å². The van der Waals surface area contributed by atoms with Gasteiger partial charge in [-0.3, -0.25) is 14.8 Å². The van der Waals surface area contributed by atoms with Crippen LogP contribution in [0.5, 0.6) is 0 Å². The molecule has 0 aliphatic heterocycles. The maximum atomic E-state index is 13.8. The minimum Gasteiger partial charge on any atom is -0.370 e.